The number of nitrogens with one attached hydrogen (secondary N) is 1. The number of carbonyl (C=O) groups is 1. The summed E-state index contributed by atoms with van der Waals surface area (Å²) in [6.45, 7) is 0. The van der Waals surface area contributed by atoms with E-state index in [1.165, 1.54) is 16.9 Å². The Morgan fingerprint density at radius 3 is 2.90 bits per heavy atom. The number of benzene rings is 1. The van der Waals surface area contributed by atoms with Crippen LogP contribution in [0.25, 0.3) is 0 Å². The number of halogens is 2. The van der Waals surface area contributed by atoms with E-state index in [4.69, 9.17) is 11.6 Å². The highest BCUT2D eigenvalue weighted by molar-refractivity contribution is 9.11. The molecule has 3 rings (SSSR count). The average Bonchev–Trinajstić information content (AvgIpc) is 2.74. The van der Waals surface area contributed by atoms with E-state index in [-0.39, 0.29) is 5.91 Å². The smallest absolute Gasteiger partial charge is 0.257 e. The summed E-state index contributed by atoms with van der Waals surface area (Å²) >= 11 is 11.2. The molecular formula is C15H13BrClNOS. The van der Waals surface area contributed by atoms with Crippen LogP contribution in [0.4, 0.5) is 5.69 Å². The molecule has 0 saturated heterocycles. The lowest BCUT2D eigenvalue weighted by Crippen LogP contribution is -2.15. The van der Waals surface area contributed by atoms with E-state index >= 15 is 0 Å². The van der Waals surface area contributed by atoms with E-state index in [0.29, 0.717) is 5.02 Å². The maximum absolute atomic E-state index is 12.5. The van der Waals surface area contributed by atoms with Crippen LogP contribution in [0.15, 0.2) is 28.1 Å². The number of hydrogen-bond acceptors (Lipinski definition) is 2. The van der Waals surface area contributed by atoms with Crippen molar-refractivity contribution in [1.82, 2.24) is 0 Å². The van der Waals surface area contributed by atoms with Crippen molar-refractivity contribution >= 4 is 50.5 Å². The molecular weight excluding hydrogens is 358 g/mol. The molecule has 0 aliphatic heterocycles. The van der Waals surface area contributed by atoms with Gasteiger partial charge in [0.15, 0.2) is 0 Å². The first-order valence-electron chi connectivity index (χ1n) is 6.52. The lowest BCUT2D eigenvalue weighted by atomic mass is 9.95. The number of fused-ring (bicyclic) bond motifs is 1. The van der Waals surface area contributed by atoms with E-state index in [9.17, 15) is 4.79 Å². The molecule has 0 radical (unpaired) electrons. The van der Waals surface area contributed by atoms with Crippen molar-refractivity contribution in [3.63, 3.8) is 0 Å². The number of thiophene rings is 1. The van der Waals surface area contributed by atoms with Crippen LogP contribution in [0, 0.1) is 0 Å². The monoisotopic (exact) mass is 369 g/mol. The second-order valence-electron chi connectivity index (χ2n) is 4.82. The number of carbonyl (C=O) groups excluding carboxylic acids is 1. The van der Waals surface area contributed by atoms with Crippen LogP contribution in [0.1, 0.15) is 33.6 Å². The van der Waals surface area contributed by atoms with Crippen molar-refractivity contribution in [2.24, 2.45) is 0 Å². The Labute approximate surface area is 135 Å². The Hall–Kier alpha value is -0.840. The topological polar surface area (TPSA) is 29.1 Å². The normalized spacial score (nSPS) is 13.9. The summed E-state index contributed by atoms with van der Waals surface area (Å²) in [5.74, 6) is -0.0569. The van der Waals surface area contributed by atoms with Gasteiger partial charge in [-0.05, 0) is 65.4 Å². The summed E-state index contributed by atoms with van der Waals surface area (Å²) in [6, 6.07) is 7.22. The van der Waals surface area contributed by atoms with Gasteiger partial charge >= 0.3 is 0 Å². The SMILES string of the molecule is O=C(Nc1cccc(Cl)c1)c1c(Br)sc2c1CCCC2. The summed E-state index contributed by atoms with van der Waals surface area (Å²) in [5.41, 5.74) is 2.74. The Kier molecular flexibility index (Phi) is 4.15. The molecule has 1 heterocycles. The Balaban J connectivity index is 1.89. The minimum Gasteiger partial charge on any atom is -0.322 e. The van der Waals surface area contributed by atoms with Gasteiger partial charge in [0.25, 0.3) is 5.91 Å². The molecule has 1 aliphatic carbocycles. The van der Waals surface area contributed by atoms with Crippen molar-refractivity contribution in [2.75, 3.05) is 5.32 Å². The van der Waals surface area contributed by atoms with Gasteiger partial charge in [-0.1, -0.05) is 17.7 Å². The third kappa shape index (κ3) is 2.78. The summed E-state index contributed by atoms with van der Waals surface area (Å²) in [4.78, 5) is 13.8. The molecule has 1 aliphatic rings. The predicted molar refractivity (Wildman–Crippen MR) is 88.1 cm³/mol. The maximum atomic E-state index is 12.5. The largest absolute Gasteiger partial charge is 0.322 e. The Morgan fingerprint density at radius 1 is 1.30 bits per heavy atom. The van der Waals surface area contributed by atoms with Crippen LogP contribution in [0.2, 0.25) is 5.02 Å². The zero-order valence-electron chi connectivity index (χ0n) is 10.7. The lowest BCUT2D eigenvalue weighted by molar-refractivity contribution is 0.102. The molecule has 0 saturated carbocycles. The summed E-state index contributed by atoms with van der Waals surface area (Å²) in [5, 5.41) is 3.55. The molecule has 1 aromatic carbocycles. The third-order valence-corrected chi connectivity index (χ3v) is 5.64. The first kappa shape index (κ1) is 14.1. The van der Waals surface area contributed by atoms with Gasteiger partial charge in [0.2, 0.25) is 0 Å². The molecule has 0 fully saturated rings. The molecule has 0 unspecified atom stereocenters. The molecule has 104 valence electrons. The first-order chi connectivity index (χ1) is 9.65. The van der Waals surface area contributed by atoms with Gasteiger partial charge in [0.05, 0.1) is 9.35 Å². The Bertz CT molecular complexity index is 668. The van der Waals surface area contributed by atoms with Crippen LogP contribution in [-0.4, -0.2) is 5.91 Å². The second-order valence-corrected chi connectivity index (χ2v) is 7.68. The third-order valence-electron chi connectivity index (χ3n) is 3.44. The number of rotatable bonds is 2. The van der Waals surface area contributed by atoms with Gasteiger partial charge < -0.3 is 5.32 Å². The summed E-state index contributed by atoms with van der Waals surface area (Å²) in [6.07, 6.45) is 4.46. The standard InChI is InChI=1S/C15H13BrClNOS/c16-14-13(11-6-1-2-7-12(11)20-14)15(19)18-10-5-3-4-9(17)8-10/h3-5,8H,1-2,6-7H2,(H,18,19). The van der Waals surface area contributed by atoms with E-state index in [1.807, 2.05) is 12.1 Å². The zero-order chi connectivity index (χ0) is 14.1. The van der Waals surface area contributed by atoms with E-state index in [0.717, 1.165) is 34.3 Å². The van der Waals surface area contributed by atoms with Crippen LogP contribution in [0.3, 0.4) is 0 Å². The molecule has 0 atom stereocenters. The van der Waals surface area contributed by atoms with Crippen LogP contribution in [-0.2, 0) is 12.8 Å². The Morgan fingerprint density at radius 2 is 2.10 bits per heavy atom. The summed E-state index contributed by atoms with van der Waals surface area (Å²) < 4.78 is 0.934. The fraction of sp³-hybridized carbons (Fsp3) is 0.267. The second kappa shape index (κ2) is 5.88. The van der Waals surface area contributed by atoms with Gasteiger partial charge in [0.1, 0.15) is 0 Å². The first-order valence-corrected chi connectivity index (χ1v) is 8.51. The van der Waals surface area contributed by atoms with E-state index in [2.05, 4.69) is 21.2 Å². The predicted octanol–water partition coefficient (Wildman–Crippen LogP) is 5.30. The number of amides is 1. The van der Waals surface area contributed by atoms with Gasteiger partial charge in [0, 0.05) is 15.6 Å². The van der Waals surface area contributed by atoms with Crippen LogP contribution >= 0.6 is 38.9 Å². The maximum Gasteiger partial charge on any atom is 0.257 e. The average molecular weight is 371 g/mol. The highest BCUT2D eigenvalue weighted by Crippen LogP contribution is 2.38. The van der Waals surface area contributed by atoms with Crippen molar-refractivity contribution in [3.8, 4) is 0 Å². The van der Waals surface area contributed by atoms with Crippen molar-refractivity contribution in [2.45, 2.75) is 25.7 Å². The van der Waals surface area contributed by atoms with E-state index < -0.39 is 0 Å². The zero-order valence-corrected chi connectivity index (χ0v) is 13.9. The van der Waals surface area contributed by atoms with Gasteiger partial charge in [-0.15, -0.1) is 11.3 Å². The number of anilines is 1. The highest BCUT2D eigenvalue weighted by Gasteiger charge is 2.24. The molecule has 5 heteroatoms. The molecule has 0 bridgehead atoms. The van der Waals surface area contributed by atoms with Crippen LogP contribution < -0.4 is 5.32 Å². The fourth-order valence-electron chi connectivity index (χ4n) is 2.52. The number of hydrogen-bond donors (Lipinski definition) is 1. The minimum atomic E-state index is -0.0569. The molecule has 0 spiro atoms. The molecule has 20 heavy (non-hydrogen) atoms. The highest BCUT2D eigenvalue weighted by atomic mass is 79.9. The molecule has 1 amide bonds. The molecule has 2 aromatic rings. The molecule has 2 nitrogen and oxygen atoms in total. The quantitative estimate of drug-likeness (QED) is 0.764. The minimum absolute atomic E-state index is 0.0569. The van der Waals surface area contributed by atoms with Gasteiger partial charge in [-0.25, -0.2) is 0 Å². The van der Waals surface area contributed by atoms with Crippen molar-refractivity contribution in [1.29, 1.82) is 0 Å². The van der Waals surface area contributed by atoms with Crippen LogP contribution in [0.5, 0.6) is 0 Å². The fourth-order valence-corrected chi connectivity index (χ4v) is 4.82. The lowest BCUT2D eigenvalue weighted by Gasteiger charge is -2.13. The van der Waals surface area contributed by atoms with Crippen molar-refractivity contribution < 1.29 is 4.79 Å². The number of aryl methyl sites for hydroxylation is 1. The van der Waals surface area contributed by atoms with Gasteiger partial charge in [-0.2, -0.15) is 0 Å². The van der Waals surface area contributed by atoms with E-state index in [1.54, 1.807) is 23.5 Å². The molecule has 1 aromatic heterocycles. The van der Waals surface area contributed by atoms with Crippen molar-refractivity contribution in [3.05, 3.63) is 49.1 Å². The molecule has 1 N–H and O–H groups in total. The van der Waals surface area contributed by atoms with Gasteiger partial charge in [-0.3, -0.25) is 4.79 Å². The summed E-state index contributed by atoms with van der Waals surface area (Å²) in [7, 11) is 0.